The number of fused-ring (bicyclic) bond motifs is 1. The number of benzene rings is 1. The largest absolute Gasteiger partial charge is 0.394 e. The van der Waals surface area contributed by atoms with Gasteiger partial charge in [0.05, 0.1) is 18.4 Å². The average Bonchev–Trinajstić information content (AvgIpc) is 3.24. The molecule has 2 atom stereocenters. The molecule has 0 bridgehead atoms. The number of hydrogen-bond acceptors (Lipinski definition) is 6. The molecule has 0 spiro atoms. The van der Waals surface area contributed by atoms with Crippen LogP contribution in [0.25, 0.3) is 11.3 Å². The number of aromatic nitrogens is 2. The van der Waals surface area contributed by atoms with Gasteiger partial charge in [0.25, 0.3) is 0 Å². The van der Waals surface area contributed by atoms with Crippen molar-refractivity contribution in [2.75, 3.05) is 31.1 Å². The highest BCUT2D eigenvalue weighted by Crippen LogP contribution is 2.46. The van der Waals surface area contributed by atoms with Crippen LogP contribution in [0, 0.1) is 0 Å². The summed E-state index contributed by atoms with van der Waals surface area (Å²) in [6.45, 7) is 11.2. The molecule has 0 unspecified atom stereocenters. The lowest BCUT2D eigenvalue weighted by Crippen LogP contribution is -2.38. The van der Waals surface area contributed by atoms with E-state index in [9.17, 15) is 5.11 Å². The molecule has 4 rings (SSSR count). The van der Waals surface area contributed by atoms with Crippen LogP contribution in [-0.4, -0.2) is 58.6 Å². The monoisotopic (exact) mass is 424 g/mol. The summed E-state index contributed by atoms with van der Waals surface area (Å²) in [5, 5.41) is 21.9. The summed E-state index contributed by atoms with van der Waals surface area (Å²) in [7, 11) is 0. The lowest BCUT2D eigenvalue weighted by Gasteiger charge is -2.42. The first-order chi connectivity index (χ1) is 14.7. The van der Waals surface area contributed by atoms with E-state index in [4.69, 9.17) is 10.1 Å². The van der Waals surface area contributed by atoms with Gasteiger partial charge in [-0.25, -0.2) is 9.97 Å². The second-order valence-corrected chi connectivity index (χ2v) is 10.4. The second-order valence-electron chi connectivity index (χ2n) is 10.4. The van der Waals surface area contributed by atoms with Crippen LogP contribution in [0.3, 0.4) is 0 Å². The van der Waals surface area contributed by atoms with E-state index in [0.29, 0.717) is 6.54 Å². The summed E-state index contributed by atoms with van der Waals surface area (Å²) in [6.07, 6.45) is 4.50. The maximum absolute atomic E-state index is 9.57. The Morgan fingerprint density at radius 3 is 2.61 bits per heavy atom. The number of nitrogens with one attached hydrogen (secondary N) is 1. The summed E-state index contributed by atoms with van der Waals surface area (Å²) in [5.74, 6) is 0.752. The van der Waals surface area contributed by atoms with Crippen molar-refractivity contribution in [2.24, 2.45) is 0 Å². The second kappa shape index (κ2) is 8.49. The predicted octanol–water partition coefficient (Wildman–Crippen LogP) is 3.01. The van der Waals surface area contributed by atoms with Gasteiger partial charge in [-0.15, -0.1) is 0 Å². The van der Waals surface area contributed by atoms with Gasteiger partial charge < -0.3 is 20.4 Å². The lowest BCUT2D eigenvalue weighted by atomic mass is 9.63. The van der Waals surface area contributed by atoms with Crippen LogP contribution in [-0.2, 0) is 10.8 Å². The average molecular weight is 425 g/mol. The highest BCUT2D eigenvalue weighted by molar-refractivity contribution is 5.64. The van der Waals surface area contributed by atoms with E-state index in [1.807, 2.05) is 12.3 Å². The Balaban J connectivity index is 1.54. The van der Waals surface area contributed by atoms with E-state index >= 15 is 0 Å². The first kappa shape index (κ1) is 22.2. The molecule has 0 saturated carbocycles. The molecule has 1 aliphatic heterocycles. The number of rotatable bonds is 6. The summed E-state index contributed by atoms with van der Waals surface area (Å²) < 4.78 is 0. The van der Waals surface area contributed by atoms with Crippen molar-refractivity contribution in [2.45, 2.75) is 69.9 Å². The van der Waals surface area contributed by atoms with Crippen molar-refractivity contribution < 1.29 is 10.2 Å². The molecular weight excluding hydrogens is 388 g/mol. The maximum Gasteiger partial charge on any atom is 0.225 e. The minimum Gasteiger partial charge on any atom is -0.394 e. The van der Waals surface area contributed by atoms with Crippen molar-refractivity contribution in [1.82, 2.24) is 15.3 Å². The third-order valence-corrected chi connectivity index (χ3v) is 7.12. The topological polar surface area (TPSA) is 81.5 Å². The molecule has 1 aromatic heterocycles. The Morgan fingerprint density at radius 2 is 1.87 bits per heavy atom. The molecule has 6 heteroatoms. The van der Waals surface area contributed by atoms with Gasteiger partial charge in [-0.1, -0.05) is 39.8 Å². The van der Waals surface area contributed by atoms with Gasteiger partial charge in [-0.05, 0) is 53.4 Å². The van der Waals surface area contributed by atoms with E-state index in [1.54, 1.807) is 0 Å². The number of aliphatic hydroxyl groups is 2. The predicted molar refractivity (Wildman–Crippen MR) is 124 cm³/mol. The highest BCUT2D eigenvalue weighted by atomic mass is 16.3. The Bertz CT molecular complexity index is 927. The molecule has 2 aliphatic rings. The van der Waals surface area contributed by atoms with Gasteiger partial charge in [-0.3, -0.25) is 0 Å². The van der Waals surface area contributed by atoms with E-state index < -0.39 is 6.10 Å². The quantitative estimate of drug-likeness (QED) is 0.661. The molecule has 2 heterocycles. The minimum atomic E-state index is -0.716. The van der Waals surface area contributed by atoms with Gasteiger partial charge in [-0.2, -0.15) is 0 Å². The van der Waals surface area contributed by atoms with Gasteiger partial charge in [0.1, 0.15) is 0 Å². The number of nitrogens with zero attached hydrogens (tertiary/aromatic N) is 3. The molecular formula is C25H36N4O2. The number of aliphatic hydroxyl groups excluding tert-OH is 2. The van der Waals surface area contributed by atoms with Crippen molar-refractivity contribution in [3.63, 3.8) is 0 Å². The fourth-order valence-electron chi connectivity index (χ4n) is 4.89. The normalized spacial score (nSPS) is 22.9. The molecule has 2 aromatic rings. The molecule has 31 heavy (non-hydrogen) atoms. The van der Waals surface area contributed by atoms with Crippen LogP contribution in [0.1, 0.15) is 58.1 Å². The Hall–Kier alpha value is -2.02. The first-order valence-corrected chi connectivity index (χ1v) is 11.5. The van der Waals surface area contributed by atoms with E-state index in [2.05, 4.69) is 61.1 Å². The highest BCUT2D eigenvalue weighted by Gasteiger charge is 2.37. The van der Waals surface area contributed by atoms with Crippen LogP contribution in [0.15, 0.2) is 30.5 Å². The van der Waals surface area contributed by atoms with E-state index in [1.165, 1.54) is 24.0 Å². The molecule has 1 aliphatic carbocycles. The van der Waals surface area contributed by atoms with Crippen LogP contribution < -0.4 is 10.2 Å². The smallest absolute Gasteiger partial charge is 0.225 e. The lowest BCUT2D eigenvalue weighted by molar-refractivity contribution is 0.0924. The summed E-state index contributed by atoms with van der Waals surface area (Å²) in [4.78, 5) is 11.6. The van der Waals surface area contributed by atoms with Gasteiger partial charge in [0, 0.05) is 37.4 Å². The fraction of sp³-hybridized carbons (Fsp3) is 0.600. The van der Waals surface area contributed by atoms with Gasteiger partial charge in [0.15, 0.2) is 0 Å². The van der Waals surface area contributed by atoms with Crippen molar-refractivity contribution in [3.8, 4) is 11.3 Å². The first-order valence-electron chi connectivity index (χ1n) is 11.5. The van der Waals surface area contributed by atoms with E-state index in [-0.39, 0.29) is 23.5 Å². The number of hydrogen-bond donors (Lipinski definition) is 3. The van der Waals surface area contributed by atoms with Crippen LogP contribution in [0.5, 0.6) is 0 Å². The summed E-state index contributed by atoms with van der Waals surface area (Å²) >= 11 is 0. The van der Waals surface area contributed by atoms with Crippen LogP contribution in [0.4, 0.5) is 5.95 Å². The zero-order valence-corrected chi connectivity index (χ0v) is 19.2. The van der Waals surface area contributed by atoms with Crippen molar-refractivity contribution >= 4 is 5.95 Å². The van der Waals surface area contributed by atoms with Crippen LogP contribution in [0.2, 0.25) is 0 Å². The SMILES string of the molecule is CC1(C)CCC(C)(C)c2cc(-c3ccnc(N4CC[C@H](NC[C@H](O)CO)C4)n3)ccc21. The van der Waals surface area contributed by atoms with Gasteiger partial charge in [0.2, 0.25) is 5.95 Å². The Morgan fingerprint density at radius 1 is 1.13 bits per heavy atom. The molecule has 0 amide bonds. The molecule has 6 nitrogen and oxygen atoms in total. The third kappa shape index (κ3) is 4.61. The summed E-state index contributed by atoms with van der Waals surface area (Å²) in [5.41, 5.74) is 5.38. The zero-order valence-electron chi connectivity index (χ0n) is 19.2. The Kier molecular flexibility index (Phi) is 6.08. The van der Waals surface area contributed by atoms with Crippen LogP contribution >= 0.6 is 0 Å². The molecule has 1 fully saturated rings. The van der Waals surface area contributed by atoms with Crippen molar-refractivity contribution in [3.05, 3.63) is 41.6 Å². The maximum atomic E-state index is 9.57. The molecule has 168 valence electrons. The van der Waals surface area contributed by atoms with Crippen molar-refractivity contribution in [1.29, 1.82) is 0 Å². The molecule has 3 N–H and O–H groups in total. The molecule has 1 saturated heterocycles. The Labute approximate surface area is 185 Å². The third-order valence-electron chi connectivity index (χ3n) is 7.12. The fourth-order valence-corrected chi connectivity index (χ4v) is 4.89. The van der Waals surface area contributed by atoms with E-state index in [0.717, 1.165) is 36.7 Å². The summed E-state index contributed by atoms with van der Waals surface area (Å²) in [6, 6.07) is 9.11. The molecule has 0 radical (unpaired) electrons. The number of anilines is 1. The zero-order chi connectivity index (χ0) is 22.2. The minimum absolute atomic E-state index is 0.170. The molecule has 1 aromatic carbocycles. The standard InChI is InChI=1S/C25H36N4O2/c1-24(2)9-10-25(3,4)21-13-17(5-6-20(21)24)22-7-11-26-23(28-22)29-12-8-18(15-29)27-14-19(31)16-30/h5-7,11,13,18-19,27,30-31H,8-10,12,14-16H2,1-4H3/t18-,19-/m0/s1. The van der Waals surface area contributed by atoms with Gasteiger partial charge >= 0.3 is 0 Å².